The second-order valence-electron chi connectivity index (χ2n) is 5.45. The fraction of sp³-hybridized carbons (Fsp3) is 0.600. The summed E-state index contributed by atoms with van der Waals surface area (Å²) in [4.78, 5) is 25.9. The molecule has 1 heterocycles. The molecule has 1 rings (SSSR count). The Balaban J connectivity index is 2.61. The van der Waals surface area contributed by atoms with Gasteiger partial charge in [0.25, 0.3) is 0 Å². The van der Waals surface area contributed by atoms with E-state index in [0.717, 1.165) is 5.56 Å². The SMILES string of the molecule is COC(=O)CC(=O)CC(O)(CCc1cc[nH]c1)C(C)C. The van der Waals surface area contributed by atoms with Gasteiger partial charge in [-0.3, -0.25) is 9.59 Å². The highest BCUT2D eigenvalue weighted by atomic mass is 16.5. The van der Waals surface area contributed by atoms with Crippen LogP contribution in [0.1, 0.15) is 38.7 Å². The number of H-pyrrole nitrogens is 1. The van der Waals surface area contributed by atoms with Crippen molar-refractivity contribution in [2.24, 2.45) is 5.92 Å². The number of hydrogen-bond donors (Lipinski definition) is 2. The van der Waals surface area contributed by atoms with Crippen LogP contribution in [0.15, 0.2) is 18.5 Å². The first-order valence-electron chi connectivity index (χ1n) is 6.80. The summed E-state index contributed by atoms with van der Waals surface area (Å²) in [5.41, 5.74) is -0.00737. The topological polar surface area (TPSA) is 79.4 Å². The number of ketones is 1. The highest BCUT2D eigenvalue weighted by molar-refractivity contribution is 5.95. The number of aromatic amines is 1. The molecule has 0 saturated heterocycles. The molecule has 1 aromatic heterocycles. The van der Waals surface area contributed by atoms with Gasteiger partial charge in [-0.25, -0.2) is 0 Å². The lowest BCUT2D eigenvalue weighted by molar-refractivity contribution is -0.144. The number of carbonyl (C=O) groups is 2. The lowest BCUT2D eigenvalue weighted by Gasteiger charge is -2.31. The smallest absolute Gasteiger partial charge is 0.313 e. The van der Waals surface area contributed by atoms with Gasteiger partial charge in [-0.15, -0.1) is 0 Å². The Kier molecular flexibility index (Phi) is 5.95. The molecule has 2 N–H and O–H groups in total. The molecular weight excluding hydrogens is 258 g/mol. The number of esters is 1. The predicted molar refractivity (Wildman–Crippen MR) is 75.2 cm³/mol. The number of aliphatic hydroxyl groups is 1. The Bertz CT molecular complexity index is 439. The Hall–Kier alpha value is -1.62. The molecule has 0 fully saturated rings. The number of rotatable bonds is 8. The minimum absolute atomic E-state index is 0.0236. The molecular formula is C15H23NO4. The number of nitrogens with one attached hydrogen (secondary N) is 1. The van der Waals surface area contributed by atoms with Crippen molar-refractivity contribution in [3.63, 3.8) is 0 Å². The molecule has 0 spiro atoms. The molecule has 112 valence electrons. The number of hydrogen-bond acceptors (Lipinski definition) is 4. The first-order chi connectivity index (χ1) is 9.37. The average Bonchev–Trinajstić information content (AvgIpc) is 2.89. The third-order valence-corrected chi connectivity index (χ3v) is 3.66. The summed E-state index contributed by atoms with van der Waals surface area (Å²) in [7, 11) is 1.25. The zero-order valence-electron chi connectivity index (χ0n) is 12.3. The van der Waals surface area contributed by atoms with E-state index in [0.29, 0.717) is 12.8 Å². The number of Topliss-reactive ketones (excluding diaryl/α,β-unsaturated/α-hetero) is 1. The quantitative estimate of drug-likeness (QED) is 0.563. The summed E-state index contributed by atoms with van der Waals surface area (Å²) in [6.07, 6.45) is 4.56. The third-order valence-electron chi connectivity index (χ3n) is 3.66. The molecule has 1 unspecified atom stereocenters. The molecule has 0 aliphatic heterocycles. The largest absolute Gasteiger partial charge is 0.469 e. The van der Waals surface area contributed by atoms with Gasteiger partial charge in [-0.05, 0) is 30.4 Å². The van der Waals surface area contributed by atoms with E-state index in [1.165, 1.54) is 7.11 Å². The van der Waals surface area contributed by atoms with E-state index in [4.69, 9.17) is 0 Å². The molecule has 1 atom stereocenters. The number of carbonyl (C=O) groups excluding carboxylic acids is 2. The van der Waals surface area contributed by atoms with Gasteiger partial charge >= 0.3 is 5.97 Å². The molecule has 0 aliphatic rings. The van der Waals surface area contributed by atoms with Crippen LogP contribution in [-0.2, 0) is 20.7 Å². The Morgan fingerprint density at radius 2 is 2.15 bits per heavy atom. The highest BCUT2D eigenvalue weighted by Gasteiger charge is 2.33. The van der Waals surface area contributed by atoms with Crippen molar-refractivity contribution in [2.45, 2.75) is 45.1 Å². The summed E-state index contributed by atoms with van der Waals surface area (Å²) < 4.78 is 4.47. The van der Waals surface area contributed by atoms with Crippen molar-refractivity contribution in [3.8, 4) is 0 Å². The summed E-state index contributed by atoms with van der Waals surface area (Å²) in [6.45, 7) is 3.76. The predicted octanol–water partition coefficient (Wildman–Crippen LogP) is 1.86. The van der Waals surface area contributed by atoms with E-state index >= 15 is 0 Å². The number of methoxy groups -OCH3 is 1. The lowest BCUT2D eigenvalue weighted by Crippen LogP contribution is -2.38. The van der Waals surface area contributed by atoms with Crippen LogP contribution >= 0.6 is 0 Å². The third kappa shape index (κ3) is 4.81. The van der Waals surface area contributed by atoms with Crippen molar-refractivity contribution in [1.29, 1.82) is 0 Å². The van der Waals surface area contributed by atoms with Crippen LogP contribution in [-0.4, -0.2) is 34.6 Å². The zero-order chi connectivity index (χ0) is 15.2. The first-order valence-corrected chi connectivity index (χ1v) is 6.80. The van der Waals surface area contributed by atoms with Crippen molar-refractivity contribution < 1.29 is 19.4 Å². The van der Waals surface area contributed by atoms with Crippen molar-refractivity contribution in [3.05, 3.63) is 24.0 Å². The molecule has 0 radical (unpaired) electrons. The molecule has 0 aromatic carbocycles. The van der Waals surface area contributed by atoms with Gasteiger partial charge in [0.2, 0.25) is 0 Å². The Morgan fingerprint density at radius 1 is 1.45 bits per heavy atom. The second-order valence-corrected chi connectivity index (χ2v) is 5.45. The summed E-state index contributed by atoms with van der Waals surface area (Å²) >= 11 is 0. The van der Waals surface area contributed by atoms with Gasteiger partial charge in [0.1, 0.15) is 12.2 Å². The average molecular weight is 281 g/mol. The first kappa shape index (κ1) is 16.4. The molecule has 0 saturated carbocycles. The molecule has 0 aliphatic carbocycles. The fourth-order valence-corrected chi connectivity index (χ4v) is 2.09. The number of ether oxygens (including phenoxy) is 1. The van der Waals surface area contributed by atoms with E-state index in [9.17, 15) is 14.7 Å². The van der Waals surface area contributed by atoms with Gasteiger partial charge in [0.15, 0.2) is 0 Å². The molecule has 1 aromatic rings. The van der Waals surface area contributed by atoms with Crippen molar-refractivity contribution in [2.75, 3.05) is 7.11 Å². The summed E-state index contributed by atoms with van der Waals surface area (Å²) in [5, 5.41) is 10.7. The maximum absolute atomic E-state index is 11.8. The molecule has 5 nitrogen and oxygen atoms in total. The highest BCUT2D eigenvalue weighted by Crippen LogP contribution is 2.28. The maximum Gasteiger partial charge on any atom is 0.313 e. The van der Waals surface area contributed by atoms with Gasteiger partial charge < -0.3 is 14.8 Å². The van der Waals surface area contributed by atoms with E-state index in [1.54, 1.807) is 0 Å². The van der Waals surface area contributed by atoms with Crippen LogP contribution in [0.25, 0.3) is 0 Å². The van der Waals surface area contributed by atoms with E-state index in [2.05, 4.69) is 9.72 Å². The second kappa shape index (κ2) is 7.24. The Labute approximate surface area is 119 Å². The van der Waals surface area contributed by atoms with Gasteiger partial charge in [0, 0.05) is 18.8 Å². The summed E-state index contributed by atoms with van der Waals surface area (Å²) in [6, 6.07) is 1.94. The molecule has 5 heteroatoms. The van der Waals surface area contributed by atoms with Gasteiger partial charge in [-0.1, -0.05) is 13.8 Å². The Morgan fingerprint density at radius 3 is 2.65 bits per heavy atom. The zero-order valence-corrected chi connectivity index (χ0v) is 12.3. The fourth-order valence-electron chi connectivity index (χ4n) is 2.09. The number of aryl methyl sites for hydroxylation is 1. The monoisotopic (exact) mass is 281 g/mol. The van der Waals surface area contributed by atoms with Gasteiger partial charge in [-0.2, -0.15) is 0 Å². The van der Waals surface area contributed by atoms with E-state index in [1.807, 2.05) is 32.3 Å². The van der Waals surface area contributed by atoms with E-state index in [-0.39, 0.29) is 24.5 Å². The van der Waals surface area contributed by atoms with Crippen LogP contribution in [0.3, 0.4) is 0 Å². The number of aromatic nitrogens is 1. The van der Waals surface area contributed by atoms with E-state index < -0.39 is 11.6 Å². The summed E-state index contributed by atoms with van der Waals surface area (Å²) in [5.74, 6) is -0.920. The van der Waals surface area contributed by atoms with Crippen LogP contribution < -0.4 is 0 Å². The molecule has 20 heavy (non-hydrogen) atoms. The minimum Gasteiger partial charge on any atom is -0.469 e. The minimum atomic E-state index is -1.09. The molecule has 0 amide bonds. The van der Waals surface area contributed by atoms with Crippen molar-refractivity contribution >= 4 is 11.8 Å². The van der Waals surface area contributed by atoms with Crippen LogP contribution in [0.4, 0.5) is 0 Å². The maximum atomic E-state index is 11.8. The lowest BCUT2D eigenvalue weighted by atomic mass is 9.80. The molecule has 0 bridgehead atoms. The normalized spacial score (nSPS) is 14.1. The van der Waals surface area contributed by atoms with Crippen LogP contribution in [0.2, 0.25) is 0 Å². The standard InChI is InChI=1S/C15H23NO4/c1-11(2)15(19,6-4-12-5-7-16-10-12)9-13(17)8-14(18)20-3/h5,7,10-11,16,19H,4,6,8-9H2,1-3H3. The van der Waals surface area contributed by atoms with Crippen LogP contribution in [0, 0.1) is 5.92 Å². The van der Waals surface area contributed by atoms with Crippen LogP contribution in [0.5, 0.6) is 0 Å². The van der Waals surface area contributed by atoms with Crippen molar-refractivity contribution in [1.82, 2.24) is 4.98 Å². The van der Waals surface area contributed by atoms with Gasteiger partial charge in [0.05, 0.1) is 12.7 Å².